The van der Waals surface area contributed by atoms with Gasteiger partial charge in [-0.25, -0.2) is 0 Å². The van der Waals surface area contributed by atoms with Gasteiger partial charge in [0.15, 0.2) is 5.71 Å². The maximum atomic E-state index is 13.9. The molecule has 22 nitrogen and oxygen atoms in total. The van der Waals surface area contributed by atoms with E-state index in [9.17, 15) is 71.1 Å². The molecule has 2 aliphatic heterocycles. The Balaban J connectivity index is 1.84. The van der Waals surface area contributed by atoms with Gasteiger partial charge in [-0.1, -0.05) is 26.3 Å². The molecule has 0 saturated heterocycles. The van der Waals surface area contributed by atoms with Gasteiger partial charge < -0.3 is 26.0 Å². The number of hydrogen-bond donors (Lipinski definition) is 8. The van der Waals surface area contributed by atoms with Gasteiger partial charge in [0.1, 0.15) is 6.54 Å². The normalized spacial score (nSPS) is 16.2. The molecule has 0 atom stereocenters. The summed E-state index contributed by atoms with van der Waals surface area (Å²) in [6, 6.07) is 7.62. The third-order valence-corrected chi connectivity index (χ3v) is 14.4. The number of carboxylic acids is 1. The molecule has 3 amide bonds. The molecule has 4 rings (SSSR count). The van der Waals surface area contributed by atoms with Crippen LogP contribution in [0.25, 0.3) is 0 Å². The van der Waals surface area contributed by atoms with Crippen molar-refractivity contribution in [3.63, 3.8) is 0 Å². The first-order valence-electron chi connectivity index (χ1n) is 21.3. The molecular formula is C42H58N5O17S4+. The summed E-state index contributed by atoms with van der Waals surface area (Å²) in [4.78, 5) is 53.3. The lowest BCUT2D eigenvalue weighted by molar-refractivity contribution is -0.437. The Bertz CT molecular complexity index is 2850. The standard InChI is InChI=1S/C42H57N5O17S4/c1-41(2)31-26-28(38(50)43-16-7-5-6-13-36(48)49)14-15-32(31)46(19-9-21-65(53,54)55)34(41)11-8-12-35-42(3,4)37-30(40(52)45-18-24-68(62,63)64)25-29(39(51)44-17-23-67(59,60)61)27-33(37)47(35)20-10-22-66(56,57)58/h8,11-12,14-15,25-27H,5-7,9-10,13,16-24H2,1-4H3,(H7-,43,44,45,48,49,50,51,52,53,54,55,56,57,58,59,60,61,62,63,64)/p+1. The fourth-order valence-corrected chi connectivity index (χ4v) is 9.91. The van der Waals surface area contributed by atoms with Crippen molar-refractivity contribution in [1.29, 1.82) is 0 Å². The predicted octanol–water partition coefficient (Wildman–Crippen LogP) is 2.47. The third-order valence-electron chi connectivity index (χ3n) is 11.3. The highest BCUT2D eigenvalue weighted by molar-refractivity contribution is 7.86. The van der Waals surface area contributed by atoms with Crippen LogP contribution in [0, 0.1) is 0 Å². The number of carbonyl (C=O) groups is 4. The molecular weight excluding hydrogens is 975 g/mol. The highest BCUT2D eigenvalue weighted by atomic mass is 32.2. The molecule has 376 valence electrons. The summed E-state index contributed by atoms with van der Waals surface area (Å²) in [5.74, 6) is -5.94. The Morgan fingerprint density at radius 3 is 1.79 bits per heavy atom. The Morgan fingerprint density at radius 1 is 0.647 bits per heavy atom. The van der Waals surface area contributed by atoms with Crippen molar-refractivity contribution < 1.29 is 80.7 Å². The van der Waals surface area contributed by atoms with Gasteiger partial charge in [-0.3, -0.25) is 37.4 Å². The first-order chi connectivity index (χ1) is 31.3. The maximum absolute atomic E-state index is 13.9. The topological polar surface area (TPSA) is 348 Å². The highest BCUT2D eigenvalue weighted by Crippen LogP contribution is 2.48. The quantitative estimate of drug-likeness (QED) is 0.0402. The van der Waals surface area contributed by atoms with E-state index in [0.717, 1.165) is 0 Å². The Morgan fingerprint density at radius 2 is 1.21 bits per heavy atom. The zero-order valence-corrected chi connectivity index (χ0v) is 41.2. The minimum absolute atomic E-state index is 0.00157. The maximum Gasteiger partial charge on any atom is 0.303 e. The van der Waals surface area contributed by atoms with Crippen LogP contribution in [-0.2, 0) is 56.1 Å². The van der Waals surface area contributed by atoms with Crippen LogP contribution in [0.1, 0.15) is 108 Å². The minimum Gasteiger partial charge on any atom is -0.481 e. The van der Waals surface area contributed by atoms with Crippen LogP contribution in [0.15, 0.2) is 54.3 Å². The SMILES string of the molecule is CC1(C)C(/C=C/C=C2/N(CCCS(=O)(=O)O)c3ccc(C(=O)NCCCCCC(=O)O)cc3C2(C)C)=[N+](CCCS(=O)(=O)O)c2cc(C(=O)NCCS(=O)(=O)O)cc(C(=O)NCCS(=O)(=O)O)c21. The van der Waals surface area contributed by atoms with E-state index in [2.05, 4.69) is 16.0 Å². The number of nitrogens with one attached hydrogen (secondary N) is 3. The molecule has 0 spiro atoms. The number of amides is 3. The second-order valence-electron chi connectivity index (χ2n) is 17.3. The number of benzene rings is 2. The van der Waals surface area contributed by atoms with Crippen LogP contribution in [0.4, 0.5) is 11.4 Å². The van der Waals surface area contributed by atoms with Gasteiger partial charge in [-0.2, -0.15) is 38.2 Å². The number of anilines is 1. The molecule has 26 heteroatoms. The van der Waals surface area contributed by atoms with Crippen molar-refractivity contribution in [3.05, 3.63) is 82.1 Å². The molecule has 0 unspecified atom stereocenters. The summed E-state index contributed by atoms with van der Waals surface area (Å²) >= 11 is 0. The third kappa shape index (κ3) is 15.5. The molecule has 2 aromatic rings. The number of allylic oxidation sites excluding steroid dienone is 4. The van der Waals surface area contributed by atoms with E-state index in [1.54, 1.807) is 54.9 Å². The molecule has 0 fully saturated rings. The summed E-state index contributed by atoms with van der Waals surface area (Å²) in [6.07, 6.45) is 6.55. The first-order valence-corrected chi connectivity index (χ1v) is 27.8. The van der Waals surface area contributed by atoms with Crippen molar-refractivity contribution in [1.82, 2.24) is 16.0 Å². The van der Waals surface area contributed by atoms with E-state index in [4.69, 9.17) is 5.11 Å². The van der Waals surface area contributed by atoms with Crippen molar-refractivity contribution in [3.8, 4) is 0 Å². The van der Waals surface area contributed by atoms with E-state index in [1.165, 1.54) is 12.1 Å². The lowest BCUT2D eigenvalue weighted by Gasteiger charge is -2.27. The van der Waals surface area contributed by atoms with E-state index < -0.39 is 105 Å². The van der Waals surface area contributed by atoms with Crippen LogP contribution in [0.2, 0.25) is 0 Å². The van der Waals surface area contributed by atoms with Crippen LogP contribution < -0.4 is 20.9 Å². The summed E-state index contributed by atoms with van der Waals surface area (Å²) in [7, 11) is -17.8. The van der Waals surface area contributed by atoms with Crippen LogP contribution >= 0.6 is 0 Å². The van der Waals surface area contributed by atoms with Gasteiger partial charge in [0.05, 0.1) is 39.6 Å². The molecule has 2 aromatic carbocycles. The van der Waals surface area contributed by atoms with Crippen LogP contribution in [0.5, 0.6) is 0 Å². The van der Waals surface area contributed by atoms with Gasteiger partial charge >= 0.3 is 5.97 Å². The summed E-state index contributed by atoms with van der Waals surface area (Å²) in [5, 5.41) is 16.5. The number of carboxylic acid groups (broad SMARTS) is 1. The van der Waals surface area contributed by atoms with Crippen molar-refractivity contribution in [2.24, 2.45) is 0 Å². The smallest absolute Gasteiger partial charge is 0.303 e. The molecule has 0 saturated carbocycles. The molecule has 2 heterocycles. The average molecular weight is 1030 g/mol. The molecule has 8 N–H and O–H groups in total. The van der Waals surface area contributed by atoms with Crippen molar-refractivity contribution >= 4 is 81.2 Å². The number of unbranched alkanes of at least 4 members (excludes halogenated alkanes) is 2. The van der Waals surface area contributed by atoms with Gasteiger partial charge in [-0.05, 0) is 69.0 Å². The van der Waals surface area contributed by atoms with Gasteiger partial charge in [0.25, 0.3) is 58.2 Å². The predicted molar refractivity (Wildman–Crippen MR) is 251 cm³/mol. The minimum atomic E-state index is -4.51. The fourth-order valence-electron chi connectivity index (χ4n) is 8.21. The van der Waals surface area contributed by atoms with E-state index in [-0.39, 0.29) is 55.1 Å². The summed E-state index contributed by atoms with van der Waals surface area (Å²) < 4.78 is 132. The number of carbonyl (C=O) groups excluding carboxylic acids is 3. The monoisotopic (exact) mass is 1030 g/mol. The molecule has 0 bridgehead atoms. The summed E-state index contributed by atoms with van der Waals surface area (Å²) in [6.45, 7) is 6.46. The van der Waals surface area contributed by atoms with E-state index in [1.807, 2.05) is 18.7 Å². The number of nitrogens with zero attached hydrogens (tertiary/aromatic N) is 2. The second-order valence-corrected chi connectivity index (χ2v) is 23.6. The highest BCUT2D eigenvalue weighted by Gasteiger charge is 2.48. The Kier molecular flexibility index (Phi) is 18.1. The number of rotatable bonds is 25. The van der Waals surface area contributed by atoms with Crippen LogP contribution in [0.3, 0.4) is 0 Å². The molecule has 2 aliphatic rings. The Hall–Kier alpha value is -5.09. The fraction of sp³-hybridized carbons (Fsp3) is 0.500. The zero-order chi connectivity index (χ0) is 51.0. The number of fused-ring (bicyclic) bond motifs is 2. The lowest BCUT2D eigenvalue weighted by atomic mass is 9.78. The lowest BCUT2D eigenvalue weighted by Crippen LogP contribution is -2.34. The molecule has 0 radical (unpaired) electrons. The van der Waals surface area contributed by atoms with Gasteiger partial charge in [0.2, 0.25) is 5.69 Å². The van der Waals surface area contributed by atoms with Gasteiger partial charge in [-0.15, -0.1) is 0 Å². The van der Waals surface area contributed by atoms with E-state index in [0.29, 0.717) is 59.6 Å². The average Bonchev–Trinajstić information content (AvgIpc) is 3.54. The van der Waals surface area contributed by atoms with Crippen LogP contribution in [-0.4, -0.2) is 147 Å². The summed E-state index contributed by atoms with van der Waals surface area (Å²) in [5.41, 5.74) is 0.930. The Labute approximate surface area is 396 Å². The molecule has 68 heavy (non-hydrogen) atoms. The van der Waals surface area contributed by atoms with Gasteiger partial charge in [0, 0.05) is 79.1 Å². The van der Waals surface area contributed by atoms with Crippen molar-refractivity contribution in [2.75, 3.05) is 60.6 Å². The number of aliphatic carboxylic acids is 1. The zero-order valence-electron chi connectivity index (χ0n) is 37.9. The second kappa shape index (κ2) is 22.1. The largest absolute Gasteiger partial charge is 0.481 e. The van der Waals surface area contributed by atoms with Crippen molar-refractivity contribution in [2.45, 2.75) is 77.0 Å². The van der Waals surface area contributed by atoms with E-state index >= 15 is 0 Å². The number of hydrogen-bond acceptors (Lipinski definition) is 13. The molecule has 0 aromatic heterocycles. The first kappa shape index (κ1) is 55.5. The molecule has 0 aliphatic carbocycles.